The zero-order chi connectivity index (χ0) is 21.2. The average molecular weight is 413 g/mol. The molecule has 0 aliphatic carbocycles. The number of furan rings is 1. The van der Waals surface area contributed by atoms with E-state index in [1.165, 1.54) is 12.8 Å². The largest absolute Gasteiger partial charge is 0.497 e. The molecular formula is C24H32N2O4. The average Bonchev–Trinajstić information content (AvgIpc) is 3.30. The molecule has 2 heterocycles. The van der Waals surface area contributed by atoms with Gasteiger partial charge in [-0.1, -0.05) is 6.08 Å². The highest BCUT2D eigenvalue weighted by molar-refractivity contribution is 5.75. The van der Waals surface area contributed by atoms with Crippen molar-refractivity contribution in [3.8, 4) is 11.5 Å². The third-order valence-corrected chi connectivity index (χ3v) is 5.54. The van der Waals surface area contributed by atoms with Crippen LogP contribution in [0.2, 0.25) is 0 Å². The third-order valence-electron chi connectivity index (χ3n) is 5.54. The molecule has 0 saturated carbocycles. The normalized spacial score (nSPS) is 17.2. The van der Waals surface area contributed by atoms with Gasteiger partial charge in [0, 0.05) is 37.7 Å². The predicted molar refractivity (Wildman–Crippen MR) is 118 cm³/mol. The molecule has 162 valence electrons. The number of piperidine rings is 1. The van der Waals surface area contributed by atoms with Crippen LogP contribution in [0.1, 0.15) is 37.0 Å². The molecule has 1 fully saturated rings. The molecule has 1 aliphatic heterocycles. The zero-order valence-electron chi connectivity index (χ0n) is 17.9. The van der Waals surface area contributed by atoms with E-state index in [9.17, 15) is 4.79 Å². The van der Waals surface area contributed by atoms with Gasteiger partial charge in [-0.05, 0) is 62.1 Å². The molecule has 1 amide bonds. The molecule has 0 spiro atoms. The fraction of sp³-hybridized carbons (Fsp3) is 0.458. The molecule has 1 unspecified atom stereocenters. The summed E-state index contributed by atoms with van der Waals surface area (Å²) in [4.78, 5) is 14.8. The minimum Gasteiger partial charge on any atom is -0.497 e. The molecule has 1 aromatic carbocycles. The second-order valence-corrected chi connectivity index (χ2v) is 7.68. The van der Waals surface area contributed by atoms with Gasteiger partial charge in [0.2, 0.25) is 5.91 Å². The van der Waals surface area contributed by atoms with Crippen molar-refractivity contribution in [1.29, 1.82) is 0 Å². The molecule has 30 heavy (non-hydrogen) atoms. The summed E-state index contributed by atoms with van der Waals surface area (Å²) in [5.74, 6) is 3.00. The molecule has 1 N–H and O–H groups in total. The van der Waals surface area contributed by atoms with Crippen LogP contribution in [0.5, 0.6) is 11.5 Å². The molecule has 6 heteroatoms. The lowest BCUT2D eigenvalue weighted by atomic mass is 9.93. The van der Waals surface area contributed by atoms with Gasteiger partial charge in [0.15, 0.2) is 0 Å². The Hall–Kier alpha value is -2.73. The van der Waals surface area contributed by atoms with E-state index in [-0.39, 0.29) is 5.91 Å². The number of rotatable bonds is 10. The van der Waals surface area contributed by atoms with Gasteiger partial charge in [-0.3, -0.25) is 9.69 Å². The summed E-state index contributed by atoms with van der Waals surface area (Å²) in [5.41, 5.74) is 0.943. The Morgan fingerprint density at radius 2 is 2.20 bits per heavy atom. The number of amides is 1. The Kier molecular flexibility index (Phi) is 8.39. The molecule has 3 rings (SSSR count). The number of nitrogens with zero attached hydrogens (tertiary/aromatic N) is 1. The number of hydrogen-bond donors (Lipinski definition) is 1. The van der Waals surface area contributed by atoms with Crippen LogP contribution in [0.25, 0.3) is 6.08 Å². The first-order chi connectivity index (χ1) is 14.7. The van der Waals surface area contributed by atoms with Crippen molar-refractivity contribution >= 4 is 12.0 Å². The highest BCUT2D eigenvalue weighted by Gasteiger charge is 2.20. The van der Waals surface area contributed by atoms with Crippen LogP contribution in [0.4, 0.5) is 0 Å². The van der Waals surface area contributed by atoms with Crippen LogP contribution in [0.15, 0.2) is 47.1 Å². The van der Waals surface area contributed by atoms with Gasteiger partial charge in [0.1, 0.15) is 17.3 Å². The summed E-state index contributed by atoms with van der Waals surface area (Å²) < 4.78 is 15.9. The molecule has 1 atom stereocenters. The van der Waals surface area contributed by atoms with Crippen molar-refractivity contribution in [3.05, 3.63) is 54.0 Å². The van der Waals surface area contributed by atoms with E-state index in [4.69, 9.17) is 13.9 Å². The highest BCUT2D eigenvalue weighted by atomic mass is 16.5. The number of nitrogens with one attached hydrogen (secondary N) is 1. The number of hydrogen-bond acceptors (Lipinski definition) is 5. The fourth-order valence-corrected chi connectivity index (χ4v) is 3.87. The Morgan fingerprint density at radius 1 is 1.30 bits per heavy atom. The first-order valence-corrected chi connectivity index (χ1v) is 10.6. The van der Waals surface area contributed by atoms with E-state index in [1.807, 2.05) is 36.4 Å². The Bertz CT molecular complexity index is 817. The first kappa shape index (κ1) is 22.0. The molecule has 1 saturated heterocycles. The topological polar surface area (TPSA) is 63.9 Å². The maximum absolute atomic E-state index is 12.4. The van der Waals surface area contributed by atoms with Gasteiger partial charge in [0.25, 0.3) is 0 Å². The summed E-state index contributed by atoms with van der Waals surface area (Å²) in [6.45, 7) is 3.53. The SMILES string of the molecule is COc1ccc(CNC(=O)CCC2CCCN(CC=Cc3ccco3)C2)c(OC)c1. The van der Waals surface area contributed by atoms with Crippen molar-refractivity contribution in [2.45, 2.75) is 32.2 Å². The van der Waals surface area contributed by atoms with Crippen molar-refractivity contribution in [1.82, 2.24) is 10.2 Å². The van der Waals surface area contributed by atoms with Crippen LogP contribution in [-0.4, -0.2) is 44.7 Å². The summed E-state index contributed by atoms with van der Waals surface area (Å²) in [7, 11) is 3.25. The van der Waals surface area contributed by atoms with Gasteiger partial charge < -0.3 is 19.2 Å². The Morgan fingerprint density at radius 3 is 2.97 bits per heavy atom. The standard InChI is InChI=1S/C24H32N2O4/c1-28-22-11-10-20(23(16-22)29-2)17-25-24(27)12-9-19-6-3-13-26(18-19)14-4-7-21-8-5-15-30-21/h4-5,7-8,10-11,15-16,19H,3,6,9,12-14,17-18H2,1-2H3,(H,25,27). The number of methoxy groups -OCH3 is 2. The molecule has 0 radical (unpaired) electrons. The minimum absolute atomic E-state index is 0.0858. The molecule has 6 nitrogen and oxygen atoms in total. The van der Waals surface area contributed by atoms with Crippen molar-refractivity contribution < 1.29 is 18.7 Å². The van der Waals surface area contributed by atoms with Gasteiger partial charge in [-0.25, -0.2) is 0 Å². The van der Waals surface area contributed by atoms with Crippen LogP contribution >= 0.6 is 0 Å². The lowest BCUT2D eigenvalue weighted by Gasteiger charge is -2.31. The van der Waals surface area contributed by atoms with Crippen molar-refractivity contribution in [2.75, 3.05) is 33.9 Å². The monoisotopic (exact) mass is 412 g/mol. The second kappa shape index (κ2) is 11.5. The summed E-state index contributed by atoms with van der Waals surface area (Å²) in [6.07, 6.45) is 9.71. The summed E-state index contributed by atoms with van der Waals surface area (Å²) in [6, 6.07) is 9.48. The minimum atomic E-state index is 0.0858. The Balaban J connectivity index is 1.39. The van der Waals surface area contributed by atoms with Gasteiger partial charge in [-0.2, -0.15) is 0 Å². The maximum atomic E-state index is 12.4. The van der Waals surface area contributed by atoms with Crippen LogP contribution in [0, 0.1) is 5.92 Å². The quantitative estimate of drug-likeness (QED) is 0.636. The van der Waals surface area contributed by atoms with Gasteiger partial charge in [-0.15, -0.1) is 0 Å². The molecule has 2 aromatic rings. The molecule has 0 bridgehead atoms. The lowest BCUT2D eigenvalue weighted by molar-refractivity contribution is -0.121. The van der Waals surface area contributed by atoms with Gasteiger partial charge >= 0.3 is 0 Å². The highest BCUT2D eigenvalue weighted by Crippen LogP contribution is 2.25. The molecular weight excluding hydrogens is 380 g/mol. The van der Waals surface area contributed by atoms with E-state index in [0.717, 1.165) is 48.9 Å². The first-order valence-electron chi connectivity index (χ1n) is 10.6. The number of ether oxygens (including phenoxy) is 2. The third kappa shape index (κ3) is 6.66. The van der Waals surface area contributed by atoms with Crippen molar-refractivity contribution in [2.24, 2.45) is 5.92 Å². The van der Waals surface area contributed by atoms with E-state index in [0.29, 0.717) is 18.9 Å². The number of carbonyl (C=O) groups is 1. The summed E-state index contributed by atoms with van der Waals surface area (Å²) >= 11 is 0. The van der Waals surface area contributed by atoms with Crippen LogP contribution in [-0.2, 0) is 11.3 Å². The van der Waals surface area contributed by atoms with Crippen LogP contribution in [0.3, 0.4) is 0 Å². The predicted octanol–water partition coefficient (Wildman–Crippen LogP) is 4.12. The van der Waals surface area contributed by atoms with E-state index in [1.54, 1.807) is 20.5 Å². The van der Waals surface area contributed by atoms with E-state index >= 15 is 0 Å². The number of carbonyl (C=O) groups excluding carboxylic acids is 1. The molecule has 1 aliphatic rings. The Labute approximate surface area is 178 Å². The van der Waals surface area contributed by atoms with E-state index < -0.39 is 0 Å². The molecule has 1 aromatic heterocycles. The lowest BCUT2D eigenvalue weighted by Crippen LogP contribution is -2.36. The zero-order valence-corrected chi connectivity index (χ0v) is 17.9. The maximum Gasteiger partial charge on any atom is 0.220 e. The van der Waals surface area contributed by atoms with Gasteiger partial charge in [0.05, 0.1) is 20.5 Å². The smallest absolute Gasteiger partial charge is 0.220 e. The number of likely N-dealkylation sites (tertiary alicyclic amines) is 1. The summed E-state index contributed by atoms with van der Waals surface area (Å²) in [5, 5.41) is 3.02. The number of benzene rings is 1. The van der Waals surface area contributed by atoms with E-state index in [2.05, 4.69) is 16.3 Å². The fourth-order valence-electron chi connectivity index (χ4n) is 3.87. The second-order valence-electron chi connectivity index (χ2n) is 7.68. The van der Waals surface area contributed by atoms with Crippen molar-refractivity contribution in [3.63, 3.8) is 0 Å². The van der Waals surface area contributed by atoms with Crippen LogP contribution < -0.4 is 14.8 Å².